The van der Waals surface area contributed by atoms with E-state index in [-0.39, 0.29) is 17.9 Å². The highest BCUT2D eigenvalue weighted by Gasteiger charge is 2.22. The van der Waals surface area contributed by atoms with E-state index in [4.69, 9.17) is 11.6 Å². The molecule has 0 saturated carbocycles. The van der Waals surface area contributed by atoms with E-state index in [2.05, 4.69) is 5.32 Å². The van der Waals surface area contributed by atoms with Gasteiger partial charge in [-0.1, -0.05) is 48.0 Å². The van der Waals surface area contributed by atoms with Crippen LogP contribution >= 0.6 is 11.6 Å². The minimum atomic E-state index is -0.977. The Morgan fingerprint density at radius 3 is 2.28 bits per heavy atom. The number of carboxylic acid groups (broad SMARTS) is 1. The molecule has 0 radical (unpaired) electrons. The molecular weight excluding hydrogens is 338 g/mol. The van der Waals surface area contributed by atoms with Crippen LogP contribution in [0.2, 0.25) is 5.02 Å². The lowest BCUT2D eigenvalue weighted by Crippen LogP contribution is -2.45. The van der Waals surface area contributed by atoms with Gasteiger partial charge in [0.1, 0.15) is 0 Å². The zero-order valence-corrected chi connectivity index (χ0v) is 15.1. The lowest BCUT2D eigenvalue weighted by molar-refractivity contribution is -0.122. The largest absolute Gasteiger partial charge is 0.478 e. The number of benzene rings is 2. The SMILES string of the molecule is CC(C)(Cc1ccccc1Cl)NC(=O)CCc1ccccc1C(=O)O. The zero-order valence-electron chi connectivity index (χ0n) is 14.4. The van der Waals surface area contributed by atoms with Crippen LogP contribution in [-0.4, -0.2) is 22.5 Å². The molecule has 0 aliphatic carbocycles. The van der Waals surface area contributed by atoms with Crippen LogP contribution in [0.25, 0.3) is 0 Å². The molecule has 2 aromatic carbocycles. The van der Waals surface area contributed by atoms with Crippen molar-refractivity contribution in [2.75, 3.05) is 0 Å². The smallest absolute Gasteiger partial charge is 0.335 e. The summed E-state index contributed by atoms with van der Waals surface area (Å²) >= 11 is 6.19. The van der Waals surface area contributed by atoms with Crippen LogP contribution < -0.4 is 5.32 Å². The van der Waals surface area contributed by atoms with Crippen molar-refractivity contribution in [1.29, 1.82) is 0 Å². The Balaban J connectivity index is 1.95. The first-order valence-electron chi connectivity index (χ1n) is 8.14. The topological polar surface area (TPSA) is 66.4 Å². The van der Waals surface area contributed by atoms with E-state index >= 15 is 0 Å². The van der Waals surface area contributed by atoms with E-state index in [1.165, 1.54) is 0 Å². The van der Waals surface area contributed by atoms with Gasteiger partial charge in [0.2, 0.25) is 5.91 Å². The molecule has 25 heavy (non-hydrogen) atoms. The lowest BCUT2D eigenvalue weighted by Gasteiger charge is -2.27. The van der Waals surface area contributed by atoms with Crippen molar-refractivity contribution in [2.24, 2.45) is 0 Å². The molecule has 0 spiro atoms. The lowest BCUT2D eigenvalue weighted by atomic mass is 9.94. The number of carbonyl (C=O) groups excluding carboxylic acids is 1. The molecule has 0 aliphatic heterocycles. The number of hydrogen-bond donors (Lipinski definition) is 2. The molecule has 1 amide bonds. The monoisotopic (exact) mass is 359 g/mol. The van der Waals surface area contributed by atoms with Crippen LogP contribution in [-0.2, 0) is 17.6 Å². The van der Waals surface area contributed by atoms with E-state index in [1.807, 2.05) is 38.1 Å². The first kappa shape index (κ1) is 19.0. The van der Waals surface area contributed by atoms with Crippen molar-refractivity contribution in [2.45, 2.75) is 38.6 Å². The summed E-state index contributed by atoms with van der Waals surface area (Å²) in [5.41, 5.74) is 1.43. The molecule has 2 N–H and O–H groups in total. The van der Waals surface area contributed by atoms with Gasteiger partial charge in [0.05, 0.1) is 5.56 Å². The van der Waals surface area contributed by atoms with Gasteiger partial charge in [0, 0.05) is 17.0 Å². The fourth-order valence-electron chi connectivity index (χ4n) is 2.80. The minimum Gasteiger partial charge on any atom is -0.478 e. The molecule has 0 atom stereocenters. The molecular formula is C20H22ClNO3. The summed E-state index contributed by atoms with van der Waals surface area (Å²) in [7, 11) is 0. The minimum absolute atomic E-state index is 0.114. The van der Waals surface area contributed by atoms with Crippen molar-refractivity contribution >= 4 is 23.5 Å². The highest BCUT2D eigenvalue weighted by molar-refractivity contribution is 6.31. The van der Waals surface area contributed by atoms with Gasteiger partial charge in [-0.15, -0.1) is 0 Å². The molecule has 0 aliphatic rings. The molecule has 2 aromatic rings. The Kier molecular flexibility index (Phi) is 6.21. The standard InChI is InChI=1S/C20H22ClNO3/c1-20(2,13-15-8-4-6-10-17(15)21)22-18(23)12-11-14-7-3-5-9-16(14)19(24)25/h3-10H,11-13H2,1-2H3,(H,22,23)(H,24,25). The predicted molar refractivity (Wildman–Crippen MR) is 99.1 cm³/mol. The van der Waals surface area contributed by atoms with Crippen LogP contribution in [0.4, 0.5) is 0 Å². The second-order valence-electron chi connectivity index (χ2n) is 6.66. The van der Waals surface area contributed by atoms with Crippen molar-refractivity contribution in [1.82, 2.24) is 5.32 Å². The van der Waals surface area contributed by atoms with E-state index in [0.717, 1.165) is 5.56 Å². The summed E-state index contributed by atoms with van der Waals surface area (Å²) in [6.45, 7) is 3.89. The summed E-state index contributed by atoms with van der Waals surface area (Å²) in [5, 5.41) is 12.9. The molecule has 0 aromatic heterocycles. The highest BCUT2D eigenvalue weighted by atomic mass is 35.5. The maximum atomic E-state index is 12.3. The average Bonchev–Trinajstić information content (AvgIpc) is 2.54. The van der Waals surface area contributed by atoms with Gasteiger partial charge < -0.3 is 10.4 Å². The molecule has 0 saturated heterocycles. The number of hydrogen-bond acceptors (Lipinski definition) is 2. The van der Waals surface area contributed by atoms with Crippen LogP contribution in [0.5, 0.6) is 0 Å². The molecule has 0 bridgehead atoms. The third-order valence-corrected chi connectivity index (χ3v) is 4.31. The van der Waals surface area contributed by atoms with Gasteiger partial charge in [-0.05, 0) is 49.9 Å². The van der Waals surface area contributed by atoms with Gasteiger partial charge in [-0.3, -0.25) is 4.79 Å². The summed E-state index contributed by atoms with van der Waals surface area (Å²) < 4.78 is 0. The van der Waals surface area contributed by atoms with Crippen molar-refractivity contribution < 1.29 is 14.7 Å². The van der Waals surface area contributed by atoms with Gasteiger partial charge in [0.25, 0.3) is 0 Å². The molecule has 2 rings (SSSR count). The van der Waals surface area contributed by atoms with Gasteiger partial charge in [-0.25, -0.2) is 4.79 Å². The van der Waals surface area contributed by atoms with Crippen molar-refractivity contribution in [3.05, 3.63) is 70.2 Å². The predicted octanol–water partition coefficient (Wildman–Crippen LogP) is 4.11. The fraction of sp³-hybridized carbons (Fsp3) is 0.300. The number of carboxylic acids is 1. The van der Waals surface area contributed by atoms with E-state index < -0.39 is 11.5 Å². The summed E-state index contributed by atoms with van der Waals surface area (Å²) in [6, 6.07) is 14.3. The second kappa shape index (κ2) is 8.17. The van der Waals surface area contributed by atoms with Crippen LogP contribution in [0, 0.1) is 0 Å². The first-order valence-corrected chi connectivity index (χ1v) is 8.52. The Morgan fingerprint density at radius 2 is 1.64 bits per heavy atom. The maximum Gasteiger partial charge on any atom is 0.335 e. The van der Waals surface area contributed by atoms with Crippen LogP contribution in [0.3, 0.4) is 0 Å². The normalized spacial score (nSPS) is 11.2. The van der Waals surface area contributed by atoms with Crippen LogP contribution in [0.1, 0.15) is 41.8 Å². The number of nitrogens with one attached hydrogen (secondary N) is 1. The van der Waals surface area contributed by atoms with Crippen LogP contribution in [0.15, 0.2) is 48.5 Å². The molecule has 132 valence electrons. The third-order valence-electron chi connectivity index (χ3n) is 3.94. The Morgan fingerprint density at radius 1 is 1.04 bits per heavy atom. The van der Waals surface area contributed by atoms with E-state index in [1.54, 1.807) is 24.3 Å². The average molecular weight is 360 g/mol. The number of amides is 1. The van der Waals surface area contributed by atoms with Gasteiger partial charge in [0.15, 0.2) is 0 Å². The first-order chi connectivity index (χ1) is 11.8. The summed E-state index contributed by atoms with van der Waals surface area (Å²) in [5.74, 6) is -1.09. The summed E-state index contributed by atoms with van der Waals surface area (Å²) in [4.78, 5) is 23.5. The number of halogens is 1. The molecule has 5 heteroatoms. The van der Waals surface area contributed by atoms with E-state index in [9.17, 15) is 14.7 Å². The zero-order chi connectivity index (χ0) is 18.4. The maximum absolute atomic E-state index is 12.3. The number of aromatic carboxylic acids is 1. The molecule has 0 heterocycles. The Hall–Kier alpha value is -2.33. The fourth-order valence-corrected chi connectivity index (χ4v) is 3.00. The number of rotatable bonds is 7. The van der Waals surface area contributed by atoms with E-state index in [0.29, 0.717) is 23.4 Å². The highest BCUT2D eigenvalue weighted by Crippen LogP contribution is 2.21. The van der Waals surface area contributed by atoms with Crippen molar-refractivity contribution in [3.63, 3.8) is 0 Å². The number of aryl methyl sites for hydroxylation is 1. The number of carbonyl (C=O) groups is 2. The molecule has 4 nitrogen and oxygen atoms in total. The van der Waals surface area contributed by atoms with Crippen molar-refractivity contribution in [3.8, 4) is 0 Å². The van der Waals surface area contributed by atoms with Gasteiger partial charge >= 0.3 is 5.97 Å². The quantitative estimate of drug-likeness (QED) is 0.781. The Bertz CT molecular complexity index is 771. The Labute approximate surface area is 152 Å². The van der Waals surface area contributed by atoms with Gasteiger partial charge in [-0.2, -0.15) is 0 Å². The summed E-state index contributed by atoms with van der Waals surface area (Å²) in [6.07, 6.45) is 1.23. The molecule has 0 fully saturated rings. The second-order valence-corrected chi connectivity index (χ2v) is 7.07. The molecule has 0 unspecified atom stereocenters. The third kappa shape index (κ3) is 5.61.